The van der Waals surface area contributed by atoms with Crippen LogP contribution in [-0.4, -0.2) is 31.3 Å². The molecule has 2 amide bonds. The maximum absolute atomic E-state index is 11.9. The highest BCUT2D eigenvalue weighted by atomic mass is 16.5. The number of aliphatic hydroxyl groups is 1. The van der Waals surface area contributed by atoms with Gasteiger partial charge in [-0.2, -0.15) is 0 Å². The lowest BCUT2D eigenvalue weighted by molar-refractivity contribution is 0.147. The zero-order valence-corrected chi connectivity index (χ0v) is 14.2. The van der Waals surface area contributed by atoms with Crippen LogP contribution >= 0.6 is 0 Å². The number of urea groups is 1. The van der Waals surface area contributed by atoms with Gasteiger partial charge in [-0.25, -0.2) is 4.79 Å². The van der Waals surface area contributed by atoms with Gasteiger partial charge in [0.1, 0.15) is 17.6 Å². The van der Waals surface area contributed by atoms with E-state index in [9.17, 15) is 9.90 Å². The molecule has 0 saturated carbocycles. The summed E-state index contributed by atoms with van der Waals surface area (Å²) in [6, 6.07) is 10.8. The van der Waals surface area contributed by atoms with Gasteiger partial charge in [0.2, 0.25) is 0 Å². The molecule has 1 aromatic carbocycles. The number of nitrogens with one attached hydrogen (secondary N) is 2. The summed E-state index contributed by atoms with van der Waals surface area (Å²) in [5, 5.41) is 15.3. The lowest BCUT2D eigenvalue weighted by Gasteiger charge is -2.26. The Hall–Kier alpha value is -2.47. The van der Waals surface area contributed by atoms with Crippen molar-refractivity contribution in [2.45, 2.75) is 25.4 Å². The molecule has 2 rings (SSSR count). The summed E-state index contributed by atoms with van der Waals surface area (Å²) in [6.07, 6.45) is 0.621. The van der Waals surface area contributed by atoms with Gasteiger partial charge in [0.05, 0.1) is 19.9 Å². The molecule has 0 saturated heterocycles. The molecule has 1 heterocycles. The molecule has 0 bridgehead atoms. The van der Waals surface area contributed by atoms with Gasteiger partial charge in [0, 0.05) is 12.0 Å². The third kappa shape index (κ3) is 4.76. The highest BCUT2D eigenvalue weighted by Crippen LogP contribution is 2.24. The molecular formula is C18H24N2O4. The van der Waals surface area contributed by atoms with E-state index < -0.39 is 6.10 Å². The minimum absolute atomic E-state index is 0.0856. The number of amides is 2. The molecule has 1 unspecified atom stereocenters. The monoisotopic (exact) mass is 332 g/mol. The van der Waals surface area contributed by atoms with Crippen molar-refractivity contribution < 1.29 is 19.1 Å². The van der Waals surface area contributed by atoms with E-state index in [1.807, 2.05) is 38.1 Å². The third-order valence-corrected chi connectivity index (χ3v) is 3.89. The second-order valence-electron chi connectivity index (χ2n) is 6.21. The molecule has 3 N–H and O–H groups in total. The molecule has 130 valence electrons. The smallest absolute Gasteiger partial charge is 0.314 e. The summed E-state index contributed by atoms with van der Waals surface area (Å²) >= 11 is 0. The first kappa shape index (κ1) is 17.9. The lowest BCUT2D eigenvalue weighted by atomic mass is 9.84. The Morgan fingerprint density at radius 3 is 2.54 bits per heavy atom. The predicted molar refractivity (Wildman–Crippen MR) is 91.1 cm³/mol. The molecule has 1 atom stereocenters. The number of carbonyl (C=O) groups excluding carboxylic acids is 1. The van der Waals surface area contributed by atoms with Gasteiger partial charge in [0.25, 0.3) is 0 Å². The zero-order valence-electron chi connectivity index (χ0n) is 14.2. The molecule has 0 radical (unpaired) electrons. The predicted octanol–water partition coefficient (Wildman–Crippen LogP) is 2.60. The normalized spacial score (nSPS) is 12.5. The van der Waals surface area contributed by atoms with Crippen LogP contribution in [0.3, 0.4) is 0 Å². The first-order valence-electron chi connectivity index (χ1n) is 7.80. The van der Waals surface area contributed by atoms with Crippen molar-refractivity contribution in [2.24, 2.45) is 0 Å². The second-order valence-corrected chi connectivity index (χ2v) is 6.21. The second kappa shape index (κ2) is 7.88. The van der Waals surface area contributed by atoms with Crippen LogP contribution in [0.5, 0.6) is 5.75 Å². The summed E-state index contributed by atoms with van der Waals surface area (Å²) in [4.78, 5) is 11.9. The Kier molecular flexibility index (Phi) is 5.87. The van der Waals surface area contributed by atoms with Crippen molar-refractivity contribution in [3.8, 4) is 5.75 Å². The van der Waals surface area contributed by atoms with Crippen molar-refractivity contribution in [1.82, 2.24) is 10.6 Å². The molecule has 0 aliphatic carbocycles. The summed E-state index contributed by atoms with van der Waals surface area (Å²) in [5.74, 6) is 1.22. The minimum Gasteiger partial charge on any atom is -0.497 e. The highest BCUT2D eigenvalue weighted by Gasteiger charge is 2.21. The van der Waals surface area contributed by atoms with Crippen LogP contribution in [0.1, 0.15) is 31.3 Å². The van der Waals surface area contributed by atoms with E-state index in [1.165, 1.54) is 6.26 Å². The van der Waals surface area contributed by atoms with Crippen molar-refractivity contribution in [1.29, 1.82) is 0 Å². The number of rotatable bonds is 7. The summed E-state index contributed by atoms with van der Waals surface area (Å²) in [5.41, 5.74) is 0.864. The number of aliphatic hydroxyl groups excluding tert-OH is 1. The molecular weight excluding hydrogens is 308 g/mol. The SMILES string of the molecule is COc1ccc(C(C)(C)CNC(=O)NCC(O)c2ccco2)cc1. The zero-order chi connectivity index (χ0) is 17.6. The van der Waals surface area contributed by atoms with Gasteiger partial charge in [0.15, 0.2) is 0 Å². The number of hydrogen-bond donors (Lipinski definition) is 3. The van der Waals surface area contributed by atoms with Crippen LogP contribution in [0.15, 0.2) is 47.1 Å². The fourth-order valence-electron chi connectivity index (χ4n) is 2.28. The summed E-state index contributed by atoms with van der Waals surface area (Å²) in [7, 11) is 1.63. The fraction of sp³-hybridized carbons (Fsp3) is 0.389. The standard InChI is InChI=1S/C18H24N2O4/c1-18(2,13-6-8-14(23-3)9-7-13)12-20-17(22)19-11-15(21)16-5-4-10-24-16/h4-10,15,21H,11-12H2,1-3H3,(H2,19,20,22). The number of benzene rings is 1. The van der Waals surface area contributed by atoms with E-state index in [1.54, 1.807) is 19.2 Å². The Labute approximate surface area is 141 Å². The van der Waals surface area contributed by atoms with Gasteiger partial charge >= 0.3 is 6.03 Å². The van der Waals surface area contributed by atoms with Crippen molar-refractivity contribution in [2.75, 3.05) is 20.2 Å². The van der Waals surface area contributed by atoms with Crippen LogP contribution in [0.4, 0.5) is 4.79 Å². The third-order valence-electron chi connectivity index (χ3n) is 3.89. The fourth-order valence-corrected chi connectivity index (χ4v) is 2.28. The lowest BCUT2D eigenvalue weighted by Crippen LogP contribution is -2.43. The highest BCUT2D eigenvalue weighted by molar-refractivity contribution is 5.74. The summed E-state index contributed by atoms with van der Waals surface area (Å²) < 4.78 is 10.2. The van der Waals surface area contributed by atoms with Gasteiger partial charge in [-0.1, -0.05) is 26.0 Å². The number of carbonyl (C=O) groups is 1. The first-order valence-corrected chi connectivity index (χ1v) is 7.80. The molecule has 1 aromatic heterocycles. The van der Waals surface area contributed by atoms with Gasteiger partial charge < -0.3 is 24.9 Å². The quantitative estimate of drug-likeness (QED) is 0.728. The number of methoxy groups -OCH3 is 1. The minimum atomic E-state index is -0.861. The van der Waals surface area contributed by atoms with E-state index in [4.69, 9.17) is 9.15 Å². The Balaban J connectivity index is 1.81. The van der Waals surface area contributed by atoms with E-state index >= 15 is 0 Å². The van der Waals surface area contributed by atoms with Crippen molar-refractivity contribution in [3.05, 3.63) is 54.0 Å². The molecule has 0 spiro atoms. The van der Waals surface area contributed by atoms with Gasteiger partial charge in [-0.3, -0.25) is 0 Å². The van der Waals surface area contributed by atoms with E-state index in [0.29, 0.717) is 12.3 Å². The molecule has 0 fully saturated rings. The molecule has 0 aliphatic heterocycles. The average molecular weight is 332 g/mol. The van der Waals surface area contributed by atoms with Crippen LogP contribution in [0.25, 0.3) is 0 Å². The van der Waals surface area contributed by atoms with Crippen LogP contribution in [0, 0.1) is 0 Å². The summed E-state index contributed by atoms with van der Waals surface area (Å²) in [6.45, 7) is 4.64. The molecule has 6 heteroatoms. The van der Waals surface area contributed by atoms with E-state index in [-0.39, 0.29) is 18.0 Å². The van der Waals surface area contributed by atoms with Gasteiger partial charge in [-0.15, -0.1) is 0 Å². The van der Waals surface area contributed by atoms with Crippen LogP contribution in [0.2, 0.25) is 0 Å². The maximum Gasteiger partial charge on any atom is 0.314 e. The molecule has 0 aliphatic rings. The number of furan rings is 1. The number of ether oxygens (including phenoxy) is 1. The van der Waals surface area contributed by atoms with Crippen LogP contribution in [-0.2, 0) is 5.41 Å². The van der Waals surface area contributed by atoms with Crippen LogP contribution < -0.4 is 15.4 Å². The topological polar surface area (TPSA) is 83.7 Å². The Morgan fingerprint density at radius 2 is 1.96 bits per heavy atom. The van der Waals surface area contributed by atoms with Gasteiger partial charge in [-0.05, 0) is 29.8 Å². The molecule has 6 nitrogen and oxygen atoms in total. The van der Waals surface area contributed by atoms with E-state index in [2.05, 4.69) is 10.6 Å². The Morgan fingerprint density at radius 1 is 1.25 bits per heavy atom. The van der Waals surface area contributed by atoms with E-state index in [0.717, 1.165) is 11.3 Å². The molecule has 24 heavy (non-hydrogen) atoms. The number of hydrogen-bond acceptors (Lipinski definition) is 4. The van der Waals surface area contributed by atoms with Crippen molar-refractivity contribution in [3.63, 3.8) is 0 Å². The van der Waals surface area contributed by atoms with Crippen molar-refractivity contribution >= 4 is 6.03 Å². The maximum atomic E-state index is 11.9. The Bertz CT molecular complexity index is 636. The molecule has 2 aromatic rings. The largest absolute Gasteiger partial charge is 0.497 e. The average Bonchev–Trinajstić information content (AvgIpc) is 3.12. The first-order chi connectivity index (χ1) is 11.4.